The Kier molecular flexibility index (Phi) is 6.72. The summed E-state index contributed by atoms with van der Waals surface area (Å²) in [4.78, 5) is 0. The first-order chi connectivity index (χ1) is 7.80. The number of alkyl halides is 1. The monoisotopic (exact) mass is 258 g/mol. The molecule has 0 aromatic heterocycles. The molecule has 1 aromatic rings. The smallest absolute Gasteiger partial charge is 0.321 e. The lowest BCUT2D eigenvalue weighted by Crippen LogP contribution is -2.24. The van der Waals surface area contributed by atoms with Gasteiger partial charge < -0.3 is 8.85 Å². The first-order valence-corrected chi connectivity index (χ1v) is 7.75. The van der Waals surface area contributed by atoms with Crippen LogP contribution in [0.15, 0.2) is 30.3 Å². The van der Waals surface area contributed by atoms with Gasteiger partial charge in [0.05, 0.1) is 0 Å². The van der Waals surface area contributed by atoms with Crippen LogP contribution in [0.3, 0.4) is 0 Å². The van der Waals surface area contributed by atoms with Gasteiger partial charge in [0.25, 0.3) is 0 Å². The van der Waals surface area contributed by atoms with E-state index in [1.54, 1.807) is 14.2 Å². The van der Waals surface area contributed by atoms with Crippen molar-refractivity contribution < 1.29 is 8.85 Å². The zero-order valence-electron chi connectivity index (χ0n) is 9.86. The molecule has 0 aliphatic carbocycles. The summed E-state index contributed by atoms with van der Waals surface area (Å²) in [6.45, 7) is 0. The normalized spacial score (nSPS) is 13.0. The number of rotatable bonds is 7. The average molecular weight is 259 g/mol. The van der Waals surface area contributed by atoms with Crippen LogP contribution >= 0.6 is 11.6 Å². The molecule has 1 rings (SSSR count). The fourth-order valence-electron chi connectivity index (χ4n) is 1.71. The zero-order chi connectivity index (χ0) is 11.8. The molecule has 0 bridgehead atoms. The zero-order valence-corrected chi connectivity index (χ0v) is 11.8. The summed E-state index contributed by atoms with van der Waals surface area (Å²) in [6, 6.07) is 11.4. The standard InChI is InChI=1S/C12H19ClO2Si/c1-14-16(15-2)10-12(9-13)8-11-6-4-3-5-7-11/h3-7,12,16H,8-10H2,1-2H3. The molecule has 0 N–H and O–H groups in total. The molecule has 2 nitrogen and oxygen atoms in total. The van der Waals surface area contributed by atoms with Crippen molar-refractivity contribution in [2.75, 3.05) is 20.1 Å². The second kappa shape index (κ2) is 7.85. The third kappa shape index (κ3) is 4.66. The van der Waals surface area contributed by atoms with Gasteiger partial charge in [-0.2, -0.15) is 0 Å². The SMILES string of the molecule is CO[SiH](CC(CCl)Cc1ccccc1)OC. The van der Waals surface area contributed by atoms with Crippen molar-refractivity contribution in [1.82, 2.24) is 0 Å². The minimum Gasteiger partial charge on any atom is -0.400 e. The van der Waals surface area contributed by atoms with E-state index in [1.807, 2.05) is 6.07 Å². The van der Waals surface area contributed by atoms with Crippen molar-refractivity contribution in [3.63, 3.8) is 0 Å². The molecule has 0 aliphatic rings. The minimum absolute atomic E-state index is 0.445. The lowest BCUT2D eigenvalue weighted by atomic mass is 10.0. The molecule has 0 aliphatic heterocycles. The van der Waals surface area contributed by atoms with Crippen LogP contribution in [0.25, 0.3) is 0 Å². The van der Waals surface area contributed by atoms with Crippen LogP contribution in [0.1, 0.15) is 5.56 Å². The fourth-order valence-corrected chi connectivity index (χ4v) is 3.61. The predicted octanol–water partition coefficient (Wildman–Crippen LogP) is 2.60. The van der Waals surface area contributed by atoms with Crippen LogP contribution in [0.5, 0.6) is 0 Å². The second-order valence-electron chi connectivity index (χ2n) is 3.85. The van der Waals surface area contributed by atoms with E-state index in [0.717, 1.165) is 12.5 Å². The molecule has 0 spiro atoms. The Morgan fingerprint density at radius 1 is 1.19 bits per heavy atom. The van der Waals surface area contributed by atoms with E-state index in [9.17, 15) is 0 Å². The highest BCUT2D eigenvalue weighted by Crippen LogP contribution is 2.17. The molecule has 1 unspecified atom stereocenters. The molecule has 90 valence electrons. The van der Waals surface area contributed by atoms with Crippen LogP contribution in [0.4, 0.5) is 0 Å². The van der Waals surface area contributed by atoms with Gasteiger partial charge in [0.1, 0.15) is 0 Å². The number of benzene rings is 1. The third-order valence-electron chi connectivity index (χ3n) is 2.64. The van der Waals surface area contributed by atoms with Crippen LogP contribution in [0, 0.1) is 5.92 Å². The molecule has 0 heterocycles. The lowest BCUT2D eigenvalue weighted by molar-refractivity contribution is 0.271. The van der Waals surface area contributed by atoms with E-state index in [1.165, 1.54) is 5.56 Å². The molecule has 1 atom stereocenters. The summed E-state index contributed by atoms with van der Waals surface area (Å²) < 4.78 is 10.7. The molecule has 16 heavy (non-hydrogen) atoms. The van der Waals surface area contributed by atoms with Crippen molar-refractivity contribution in [2.45, 2.75) is 12.5 Å². The van der Waals surface area contributed by atoms with Crippen LogP contribution in [0.2, 0.25) is 6.04 Å². The minimum atomic E-state index is -1.49. The van der Waals surface area contributed by atoms with Gasteiger partial charge in [-0.05, 0) is 23.9 Å². The van der Waals surface area contributed by atoms with Crippen LogP contribution in [-0.2, 0) is 15.3 Å². The average Bonchev–Trinajstić information content (AvgIpc) is 2.35. The van der Waals surface area contributed by atoms with Crippen molar-refractivity contribution >= 4 is 20.9 Å². The number of hydrogen-bond donors (Lipinski definition) is 0. The van der Waals surface area contributed by atoms with Gasteiger partial charge in [0, 0.05) is 20.1 Å². The lowest BCUT2D eigenvalue weighted by Gasteiger charge is -2.18. The number of hydrogen-bond acceptors (Lipinski definition) is 2. The molecule has 0 saturated carbocycles. The third-order valence-corrected chi connectivity index (χ3v) is 5.18. The van der Waals surface area contributed by atoms with Crippen molar-refractivity contribution in [1.29, 1.82) is 0 Å². The molecule has 0 radical (unpaired) electrons. The molecule has 4 heteroatoms. The largest absolute Gasteiger partial charge is 0.400 e. The summed E-state index contributed by atoms with van der Waals surface area (Å²) in [6.07, 6.45) is 1.00. The maximum atomic E-state index is 5.99. The molecule has 0 saturated heterocycles. The van der Waals surface area contributed by atoms with Gasteiger partial charge in [-0.1, -0.05) is 30.3 Å². The van der Waals surface area contributed by atoms with E-state index in [-0.39, 0.29) is 0 Å². The Hall–Kier alpha value is -0.353. The van der Waals surface area contributed by atoms with E-state index < -0.39 is 9.28 Å². The molecular formula is C12H19ClO2Si. The van der Waals surface area contributed by atoms with E-state index in [2.05, 4.69) is 24.3 Å². The molecule has 0 amide bonds. The fraction of sp³-hybridized carbons (Fsp3) is 0.500. The van der Waals surface area contributed by atoms with Crippen molar-refractivity contribution in [2.24, 2.45) is 5.92 Å². The van der Waals surface area contributed by atoms with Crippen LogP contribution in [-0.4, -0.2) is 29.4 Å². The Balaban J connectivity index is 2.49. The summed E-state index contributed by atoms with van der Waals surface area (Å²) in [5.41, 5.74) is 1.33. The molecule has 0 fully saturated rings. The van der Waals surface area contributed by atoms with E-state index >= 15 is 0 Å². The van der Waals surface area contributed by atoms with Crippen LogP contribution < -0.4 is 0 Å². The first-order valence-electron chi connectivity index (χ1n) is 5.45. The van der Waals surface area contributed by atoms with Gasteiger partial charge >= 0.3 is 9.28 Å². The van der Waals surface area contributed by atoms with Gasteiger partial charge in [-0.3, -0.25) is 0 Å². The van der Waals surface area contributed by atoms with Gasteiger partial charge in [0.15, 0.2) is 0 Å². The van der Waals surface area contributed by atoms with E-state index in [4.69, 9.17) is 20.5 Å². The van der Waals surface area contributed by atoms with Gasteiger partial charge in [0.2, 0.25) is 0 Å². The highest BCUT2D eigenvalue weighted by molar-refractivity contribution is 6.44. The number of halogens is 1. The maximum Gasteiger partial charge on any atom is 0.321 e. The first kappa shape index (κ1) is 13.7. The Morgan fingerprint density at radius 3 is 2.31 bits per heavy atom. The summed E-state index contributed by atoms with van der Waals surface area (Å²) in [7, 11) is 1.94. The molecular weight excluding hydrogens is 240 g/mol. The maximum absolute atomic E-state index is 5.99. The Labute approximate surface area is 104 Å². The summed E-state index contributed by atoms with van der Waals surface area (Å²) in [5.74, 6) is 1.10. The van der Waals surface area contributed by atoms with Gasteiger partial charge in [-0.25, -0.2) is 0 Å². The quantitative estimate of drug-likeness (QED) is 0.553. The highest BCUT2D eigenvalue weighted by atomic mass is 35.5. The second-order valence-corrected chi connectivity index (χ2v) is 6.43. The molecule has 1 aromatic carbocycles. The Bertz CT molecular complexity index is 278. The summed E-state index contributed by atoms with van der Waals surface area (Å²) >= 11 is 5.99. The summed E-state index contributed by atoms with van der Waals surface area (Å²) in [5, 5.41) is 0. The topological polar surface area (TPSA) is 18.5 Å². The van der Waals surface area contributed by atoms with Crippen molar-refractivity contribution in [3.05, 3.63) is 35.9 Å². The Morgan fingerprint density at radius 2 is 1.81 bits per heavy atom. The predicted molar refractivity (Wildman–Crippen MR) is 70.3 cm³/mol. The highest BCUT2D eigenvalue weighted by Gasteiger charge is 2.18. The van der Waals surface area contributed by atoms with Gasteiger partial charge in [-0.15, -0.1) is 11.6 Å². The van der Waals surface area contributed by atoms with Crippen molar-refractivity contribution in [3.8, 4) is 0 Å². The van der Waals surface area contributed by atoms with E-state index in [0.29, 0.717) is 11.8 Å².